The van der Waals surface area contributed by atoms with Crippen molar-refractivity contribution in [3.8, 4) is 0 Å². The van der Waals surface area contributed by atoms with E-state index in [-0.39, 0.29) is 11.9 Å². The van der Waals surface area contributed by atoms with Crippen molar-refractivity contribution in [2.75, 3.05) is 19.0 Å². The van der Waals surface area contributed by atoms with Gasteiger partial charge >= 0.3 is 0 Å². The lowest BCUT2D eigenvalue weighted by molar-refractivity contribution is 0.371. The topological polar surface area (TPSA) is 38.0 Å². The normalized spacial score (nSPS) is 12.3. The molecule has 0 aliphatic carbocycles. The quantitative estimate of drug-likeness (QED) is 0.578. The van der Waals surface area contributed by atoms with E-state index in [0.29, 0.717) is 12.1 Å². The summed E-state index contributed by atoms with van der Waals surface area (Å²) in [6.07, 6.45) is 2.39. The Morgan fingerprint density at radius 3 is 2.23 bits per heavy atom. The molecule has 0 bridgehead atoms. The molecular weight excluding hydrogens is 282 g/mol. The molecule has 2 nitrogen and oxygen atoms in total. The lowest BCUT2D eigenvalue weighted by atomic mass is 10.1. The maximum atomic E-state index is 13.1. The van der Waals surface area contributed by atoms with Gasteiger partial charge in [0.15, 0.2) is 0 Å². The molecule has 118 valence electrons. The molecule has 1 unspecified atom stereocenters. The Morgan fingerprint density at radius 2 is 1.59 bits per heavy atom. The fourth-order valence-corrected chi connectivity index (χ4v) is 2.37. The van der Waals surface area contributed by atoms with Crippen molar-refractivity contribution in [2.45, 2.75) is 25.3 Å². The number of nitrogens with one attached hydrogen (secondary N) is 1. The third kappa shape index (κ3) is 5.45. The SMILES string of the molecule is Nc1ccc(CC(CF)NCCCc2ccc(F)cc2)cc1. The molecule has 0 fully saturated rings. The van der Waals surface area contributed by atoms with Gasteiger partial charge in [-0.15, -0.1) is 0 Å². The first-order chi connectivity index (χ1) is 10.7. The molecule has 0 amide bonds. The summed E-state index contributed by atoms with van der Waals surface area (Å²) in [5.74, 6) is -0.220. The molecule has 0 aliphatic rings. The summed E-state index contributed by atoms with van der Waals surface area (Å²) < 4.78 is 25.9. The number of halogens is 2. The van der Waals surface area contributed by atoms with Crippen LogP contribution in [0.15, 0.2) is 48.5 Å². The van der Waals surface area contributed by atoms with Crippen molar-refractivity contribution >= 4 is 5.69 Å². The summed E-state index contributed by atoms with van der Waals surface area (Å²) in [7, 11) is 0. The molecule has 22 heavy (non-hydrogen) atoms. The van der Waals surface area contributed by atoms with Crippen molar-refractivity contribution < 1.29 is 8.78 Å². The molecule has 2 aromatic rings. The molecular formula is C18H22F2N2. The molecule has 0 saturated carbocycles. The maximum absolute atomic E-state index is 13.1. The van der Waals surface area contributed by atoms with E-state index in [2.05, 4.69) is 5.32 Å². The number of alkyl halides is 1. The van der Waals surface area contributed by atoms with E-state index in [4.69, 9.17) is 5.73 Å². The van der Waals surface area contributed by atoms with Gasteiger partial charge in [-0.25, -0.2) is 8.78 Å². The largest absolute Gasteiger partial charge is 0.399 e. The van der Waals surface area contributed by atoms with Gasteiger partial charge in [0.05, 0.1) is 0 Å². The van der Waals surface area contributed by atoms with Crippen LogP contribution in [0, 0.1) is 5.82 Å². The summed E-state index contributed by atoms with van der Waals surface area (Å²) >= 11 is 0. The zero-order valence-corrected chi connectivity index (χ0v) is 12.6. The minimum atomic E-state index is -0.402. The Bertz CT molecular complexity index is 552. The Kier molecular flexibility index (Phi) is 6.34. The van der Waals surface area contributed by atoms with Crippen LogP contribution in [0.1, 0.15) is 17.5 Å². The molecule has 2 aromatic carbocycles. The molecule has 0 aliphatic heterocycles. The van der Waals surface area contributed by atoms with Crippen LogP contribution >= 0.6 is 0 Å². The highest BCUT2D eigenvalue weighted by Crippen LogP contribution is 2.09. The van der Waals surface area contributed by atoms with Gasteiger partial charge in [-0.2, -0.15) is 0 Å². The number of anilines is 1. The van der Waals surface area contributed by atoms with Gasteiger partial charge in [0.2, 0.25) is 0 Å². The minimum Gasteiger partial charge on any atom is -0.399 e. The van der Waals surface area contributed by atoms with E-state index in [0.717, 1.165) is 30.5 Å². The smallest absolute Gasteiger partial charge is 0.123 e. The average Bonchev–Trinajstić information content (AvgIpc) is 2.54. The van der Waals surface area contributed by atoms with Crippen molar-refractivity contribution in [2.24, 2.45) is 0 Å². The predicted octanol–water partition coefficient (Wildman–Crippen LogP) is 3.51. The molecule has 0 heterocycles. The third-order valence-electron chi connectivity index (χ3n) is 3.64. The van der Waals surface area contributed by atoms with Crippen LogP contribution in [0.2, 0.25) is 0 Å². The van der Waals surface area contributed by atoms with E-state index < -0.39 is 6.67 Å². The van der Waals surface area contributed by atoms with Gasteiger partial charge in [0.1, 0.15) is 12.5 Å². The van der Waals surface area contributed by atoms with Crippen LogP contribution in [0.5, 0.6) is 0 Å². The van der Waals surface area contributed by atoms with Gasteiger partial charge in [-0.05, 0) is 61.2 Å². The number of hydrogen-bond donors (Lipinski definition) is 2. The molecule has 4 heteroatoms. The van der Waals surface area contributed by atoms with Crippen molar-refractivity contribution in [3.05, 3.63) is 65.5 Å². The minimum absolute atomic E-state index is 0.183. The maximum Gasteiger partial charge on any atom is 0.123 e. The molecule has 3 N–H and O–H groups in total. The van der Waals surface area contributed by atoms with E-state index in [1.807, 2.05) is 24.3 Å². The van der Waals surface area contributed by atoms with Crippen molar-refractivity contribution in [1.82, 2.24) is 5.32 Å². The Balaban J connectivity index is 1.71. The van der Waals surface area contributed by atoms with Gasteiger partial charge in [0.25, 0.3) is 0 Å². The number of rotatable bonds is 8. The van der Waals surface area contributed by atoms with Gasteiger partial charge in [0, 0.05) is 11.7 Å². The van der Waals surface area contributed by atoms with Crippen molar-refractivity contribution in [1.29, 1.82) is 0 Å². The van der Waals surface area contributed by atoms with Crippen LogP contribution in [-0.2, 0) is 12.8 Å². The van der Waals surface area contributed by atoms with E-state index in [9.17, 15) is 8.78 Å². The number of aryl methyl sites for hydroxylation is 1. The summed E-state index contributed by atoms with van der Waals surface area (Å²) in [4.78, 5) is 0. The number of hydrogen-bond acceptors (Lipinski definition) is 2. The van der Waals surface area contributed by atoms with Crippen LogP contribution in [0.25, 0.3) is 0 Å². The molecule has 0 saturated heterocycles. The standard InChI is InChI=1S/C18H22F2N2/c19-13-18(12-15-5-9-17(21)10-6-15)22-11-1-2-14-3-7-16(20)8-4-14/h3-10,18,22H,1-2,11-13,21H2. The van der Waals surface area contributed by atoms with Gasteiger partial charge in [-0.3, -0.25) is 0 Å². The zero-order chi connectivity index (χ0) is 15.8. The van der Waals surface area contributed by atoms with E-state index >= 15 is 0 Å². The van der Waals surface area contributed by atoms with Gasteiger partial charge < -0.3 is 11.1 Å². The van der Waals surface area contributed by atoms with Crippen LogP contribution in [-0.4, -0.2) is 19.3 Å². The lowest BCUT2D eigenvalue weighted by Gasteiger charge is -2.15. The van der Waals surface area contributed by atoms with Crippen molar-refractivity contribution in [3.63, 3.8) is 0 Å². The molecule has 0 radical (unpaired) electrons. The third-order valence-corrected chi connectivity index (χ3v) is 3.64. The lowest BCUT2D eigenvalue weighted by Crippen LogP contribution is -2.34. The Labute approximate surface area is 130 Å². The predicted molar refractivity (Wildman–Crippen MR) is 87.0 cm³/mol. The first-order valence-corrected chi connectivity index (χ1v) is 7.55. The van der Waals surface area contributed by atoms with Crippen LogP contribution < -0.4 is 11.1 Å². The highest BCUT2D eigenvalue weighted by molar-refractivity contribution is 5.39. The first-order valence-electron chi connectivity index (χ1n) is 7.55. The Morgan fingerprint density at radius 1 is 0.955 bits per heavy atom. The van der Waals surface area contributed by atoms with E-state index in [1.54, 1.807) is 12.1 Å². The fraction of sp³-hybridized carbons (Fsp3) is 0.333. The number of nitrogens with two attached hydrogens (primary N) is 1. The van der Waals surface area contributed by atoms with Crippen LogP contribution in [0.3, 0.4) is 0 Å². The second-order valence-electron chi connectivity index (χ2n) is 5.48. The molecule has 0 spiro atoms. The molecule has 1 atom stereocenters. The summed E-state index contributed by atoms with van der Waals surface area (Å²) in [6.45, 7) is 0.335. The second-order valence-corrected chi connectivity index (χ2v) is 5.48. The fourth-order valence-electron chi connectivity index (χ4n) is 2.37. The van der Waals surface area contributed by atoms with Gasteiger partial charge in [-0.1, -0.05) is 24.3 Å². The van der Waals surface area contributed by atoms with Crippen LogP contribution in [0.4, 0.5) is 14.5 Å². The Hall–Kier alpha value is -1.94. The zero-order valence-electron chi connectivity index (χ0n) is 12.6. The molecule has 2 rings (SSSR count). The van der Waals surface area contributed by atoms with E-state index in [1.165, 1.54) is 12.1 Å². The summed E-state index contributed by atoms with van der Waals surface area (Å²) in [5, 5.41) is 3.23. The number of benzene rings is 2. The summed E-state index contributed by atoms with van der Waals surface area (Å²) in [6, 6.07) is 13.8. The number of nitrogen functional groups attached to an aromatic ring is 1. The first kappa shape index (κ1) is 16.4. The highest BCUT2D eigenvalue weighted by Gasteiger charge is 2.08. The second kappa shape index (κ2) is 8.49. The average molecular weight is 304 g/mol. The monoisotopic (exact) mass is 304 g/mol. The molecule has 0 aromatic heterocycles. The summed E-state index contributed by atoms with van der Waals surface area (Å²) in [5.41, 5.74) is 8.52. The highest BCUT2D eigenvalue weighted by atomic mass is 19.1.